The minimum absolute atomic E-state index is 0.0545. The highest BCUT2D eigenvalue weighted by Crippen LogP contribution is 2.23. The van der Waals surface area contributed by atoms with E-state index < -0.39 is 5.91 Å². The monoisotopic (exact) mass is 309 g/mol. The van der Waals surface area contributed by atoms with Crippen molar-refractivity contribution >= 4 is 22.6 Å². The first-order chi connectivity index (χ1) is 11.1. The van der Waals surface area contributed by atoms with Crippen LogP contribution in [0.25, 0.3) is 10.9 Å². The molecule has 0 atom stereocenters. The smallest absolute Gasteiger partial charge is 0.262 e. The molecular formula is C17H15N3O3. The molecule has 3 rings (SSSR count). The largest absolute Gasteiger partial charge is 0.495 e. The Morgan fingerprint density at radius 2 is 2.04 bits per heavy atom. The van der Waals surface area contributed by atoms with E-state index in [-0.39, 0.29) is 11.0 Å². The van der Waals surface area contributed by atoms with Crippen LogP contribution in [0.3, 0.4) is 0 Å². The van der Waals surface area contributed by atoms with Gasteiger partial charge in [-0.2, -0.15) is 0 Å². The fourth-order valence-corrected chi connectivity index (χ4v) is 2.48. The molecule has 0 saturated carbocycles. The van der Waals surface area contributed by atoms with E-state index in [1.807, 2.05) is 0 Å². The fourth-order valence-electron chi connectivity index (χ4n) is 2.48. The lowest BCUT2D eigenvalue weighted by atomic mass is 10.1. The van der Waals surface area contributed by atoms with Crippen LogP contribution in [0, 0.1) is 0 Å². The van der Waals surface area contributed by atoms with Crippen molar-refractivity contribution in [2.24, 2.45) is 7.05 Å². The van der Waals surface area contributed by atoms with Gasteiger partial charge < -0.3 is 14.6 Å². The molecule has 0 aliphatic carbocycles. The van der Waals surface area contributed by atoms with E-state index >= 15 is 0 Å². The summed E-state index contributed by atoms with van der Waals surface area (Å²) in [7, 11) is 3.31. The van der Waals surface area contributed by atoms with Crippen molar-refractivity contribution in [2.45, 2.75) is 0 Å². The second-order valence-electron chi connectivity index (χ2n) is 5.01. The van der Waals surface area contributed by atoms with Gasteiger partial charge in [0.15, 0.2) is 0 Å². The molecule has 23 heavy (non-hydrogen) atoms. The van der Waals surface area contributed by atoms with Gasteiger partial charge in [0.1, 0.15) is 17.1 Å². The molecule has 0 spiro atoms. The molecule has 6 heteroatoms. The van der Waals surface area contributed by atoms with Crippen LogP contribution < -0.4 is 15.5 Å². The number of fused-ring (bicyclic) bond motifs is 1. The van der Waals surface area contributed by atoms with Crippen LogP contribution in [-0.2, 0) is 7.05 Å². The normalized spacial score (nSPS) is 10.5. The number of nitrogens with zero attached hydrogens (tertiary/aromatic N) is 2. The molecule has 0 unspecified atom stereocenters. The Hall–Kier alpha value is -3.15. The zero-order chi connectivity index (χ0) is 16.4. The molecule has 0 aliphatic heterocycles. The minimum Gasteiger partial charge on any atom is -0.495 e. The summed E-state index contributed by atoms with van der Waals surface area (Å²) in [5.41, 5.74) is 0.360. The average molecular weight is 309 g/mol. The van der Waals surface area contributed by atoms with Gasteiger partial charge in [-0.25, -0.2) is 4.98 Å². The highest BCUT2D eigenvalue weighted by molar-refractivity contribution is 6.05. The van der Waals surface area contributed by atoms with Gasteiger partial charge in [-0.3, -0.25) is 9.59 Å². The number of ether oxygens (including phenoxy) is 1. The number of aryl methyl sites for hydroxylation is 1. The number of amides is 1. The topological polar surface area (TPSA) is 73.2 Å². The van der Waals surface area contributed by atoms with Gasteiger partial charge in [-0.15, -0.1) is 0 Å². The summed E-state index contributed by atoms with van der Waals surface area (Å²) < 4.78 is 7.00. The predicted octanol–water partition coefficient (Wildman–Crippen LogP) is 2.19. The summed E-state index contributed by atoms with van der Waals surface area (Å²) in [6.07, 6.45) is 3.07. The first-order valence-electron chi connectivity index (χ1n) is 7.00. The summed E-state index contributed by atoms with van der Waals surface area (Å²) in [5.74, 6) is 0.484. The quantitative estimate of drug-likeness (QED) is 0.805. The Balaban J connectivity index is 2.11. The van der Waals surface area contributed by atoms with Crippen LogP contribution >= 0.6 is 0 Å². The molecule has 116 valence electrons. The van der Waals surface area contributed by atoms with E-state index in [9.17, 15) is 9.59 Å². The minimum atomic E-state index is -0.492. The van der Waals surface area contributed by atoms with Gasteiger partial charge >= 0.3 is 0 Å². The summed E-state index contributed by atoms with van der Waals surface area (Å²) in [6.45, 7) is 0. The van der Waals surface area contributed by atoms with E-state index in [2.05, 4.69) is 10.3 Å². The molecule has 0 saturated heterocycles. The first kappa shape index (κ1) is 14.8. The Bertz CT molecular complexity index is 933. The molecule has 2 heterocycles. The maximum Gasteiger partial charge on any atom is 0.262 e. The lowest BCUT2D eigenvalue weighted by Gasteiger charge is -2.12. The molecule has 1 aromatic carbocycles. The Morgan fingerprint density at radius 3 is 2.74 bits per heavy atom. The Labute approximate surface area is 132 Å². The molecule has 0 bridgehead atoms. The molecule has 0 aliphatic rings. The van der Waals surface area contributed by atoms with E-state index in [0.29, 0.717) is 22.5 Å². The van der Waals surface area contributed by atoms with Gasteiger partial charge in [-0.1, -0.05) is 12.1 Å². The summed E-state index contributed by atoms with van der Waals surface area (Å²) >= 11 is 0. The summed E-state index contributed by atoms with van der Waals surface area (Å²) in [5, 5.41) is 3.06. The Kier molecular flexibility index (Phi) is 3.80. The highest BCUT2D eigenvalue weighted by atomic mass is 16.5. The van der Waals surface area contributed by atoms with Crippen molar-refractivity contribution in [2.75, 3.05) is 12.4 Å². The number of nitrogens with one attached hydrogen (secondary N) is 1. The number of methoxy groups -OCH3 is 1. The van der Waals surface area contributed by atoms with Crippen LogP contribution in [-0.4, -0.2) is 22.6 Å². The third-order valence-electron chi connectivity index (χ3n) is 3.53. The number of rotatable bonds is 3. The number of pyridine rings is 2. The van der Waals surface area contributed by atoms with E-state index in [1.54, 1.807) is 61.3 Å². The molecule has 1 amide bonds. The maximum absolute atomic E-state index is 12.6. The van der Waals surface area contributed by atoms with Crippen LogP contribution in [0.2, 0.25) is 0 Å². The van der Waals surface area contributed by atoms with Gasteiger partial charge in [0.2, 0.25) is 5.43 Å². The van der Waals surface area contributed by atoms with Crippen LogP contribution in [0.15, 0.2) is 53.6 Å². The van der Waals surface area contributed by atoms with Crippen molar-refractivity contribution < 1.29 is 9.53 Å². The van der Waals surface area contributed by atoms with E-state index in [0.717, 1.165) is 0 Å². The molecule has 0 fully saturated rings. The van der Waals surface area contributed by atoms with E-state index in [1.165, 1.54) is 6.20 Å². The highest BCUT2D eigenvalue weighted by Gasteiger charge is 2.16. The van der Waals surface area contributed by atoms with E-state index in [4.69, 9.17) is 4.74 Å². The second-order valence-corrected chi connectivity index (χ2v) is 5.01. The molecular weight excluding hydrogens is 294 g/mol. The number of carbonyl (C=O) groups is 1. The number of anilines is 1. The van der Waals surface area contributed by atoms with Crippen molar-refractivity contribution in [3.05, 3.63) is 64.6 Å². The Morgan fingerprint density at radius 1 is 1.22 bits per heavy atom. The molecule has 1 N–H and O–H groups in total. The zero-order valence-electron chi connectivity index (χ0n) is 12.7. The second kappa shape index (κ2) is 5.92. The SMILES string of the molecule is COc1cccc2c(=O)c(C(=O)Nc3ccccn3)cn(C)c12. The maximum atomic E-state index is 12.6. The zero-order valence-corrected chi connectivity index (χ0v) is 12.7. The number of para-hydroxylation sites is 1. The van der Waals surface area contributed by atoms with Crippen LogP contribution in [0.1, 0.15) is 10.4 Å². The number of hydrogen-bond acceptors (Lipinski definition) is 4. The van der Waals surface area contributed by atoms with Crippen molar-refractivity contribution in [3.63, 3.8) is 0 Å². The fraction of sp³-hybridized carbons (Fsp3) is 0.118. The third-order valence-corrected chi connectivity index (χ3v) is 3.53. The number of hydrogen-bond donors (Lipinski definition) is 1. The number of carbonyl (C=O) groups excluding carboxylic acids is 1. The lowest BCUT2D eigenvalue weighted by Crippen LogP contribution is -2.23. The van der Waals surface area contributed by atoms with Gasteiger partial charge in [0.25, 0.3) is 5.91 Å². The summed E-state index contributed by atoms with van der Waals surface area (Å²) in [4.78, 5) is 29.0. The van der Waals surface area contributed by atoms with Crippen molar-refractivity contribution in [1.29, 1.82) is 0 Å². The number of benzene rings is 1. The molecule has 2 aromatic heterocycles. The van der Waals surface area contributed by atoms with Crippen LogP contribution in [0.4, 0.5) is 5.82 Å². The van der Waals surface area contributed by atoms with Gasteiger partial charge in [0.05, 0.1) is 18.0 Å². The average Bonchev–Trinajstić information content (AvgIpc) is 2.58. The standard InChI is InChI=1S/C17H15N3O3/c1-20-10-12(17(22)19-14-8-3-4-9-18-14)16(21)11-6-5-7-13(23-2)15(11)20/h3-10H,1-2H3,(H,18,19,22). The van der Waals surface area contributed by atoms with Gasteiger partial charge in [-0.05, 0) is 24.3 Å². The van der Waals surface area contributed by atoms with Crippen molar-refractivity contribution in [3.8, 4) is 5.75 Å². The third kappa shape index (κ3) is 2.66. The molecule has 3 aromatic rings. The molecule has 6 nitrogen and oxygen atoms in total. The lowest BCUT2D eigenvalue weighted by molar-refractivity contribution is 0.102. The van der Waals surface area contributed by atoms with Crippen LogP contribution in [0.5, 0.6) is 5.75 Å². The first-order valence-corrected chi connectivity index (χ1v) is 7.00. The predicted molar refractivity (Wildman–Crippen MR) is 87.9 cm³/mol. The number of aromatic nitrogens is 2. The van der Waals surface area contributed by atoms with Crippen molar-refractivity contribution in [1.82, 2.24) is 9.55 Å². The summed E-state index contributed by atoms with van der Waals surface area (Å²) in [6, 6.07) is 10.3. The van der Waals surface area contributed by atoms with Gasteiger partial charge in [0, 0.05) is 19.4 Å². The molecule has 0 radical (unpaired) electrons.